The van der Waals surface area contributed by atoms with Crippen LogP contribution in [0.4, 0.5) is 0 Å². The molecule has 0 spiro atoms. The van der Waals surface area contributed by atoms with Gasteiger partial charge in [0.2, 0.25) is 15.9 Å². The van der Waals surface area contributed by atoms with Crippen molar-refractivity contribution in [1.82, 2.24) is 9.62 Å². The lowest BCUT2D eigenvalue weighted by Crippen LogP contribution is -2.58. The summed E-state index contributed by atoms with van der Waals surface area (Å²) in [6.45, 7) is 4.25. The third kappa shape index (κ3) is 6.77. The van der Waals surface area contributed by atoms with Crippen LogP contribution in [0.2, 0.25) is 10.0 Å². The summed E-state index contributed by atoms with van der Waals surface area (Å²) in [5.74, 6) is -1.37. The van der Waals surface area contributed by atoms with Crippen LogP contribution in [0.15, 0.2) is 48.5 Å². The Morgan fingerprint density at radius 2 is 1.85 bits per heavy atom. The number of carbonyl (C=O) groups is 2. The number of esters is 1. The van der Waals surface area contributed by atoms with Crippen LogP contribution in [0.3, 0.4) is 0 Å². The van der Waals surface area contributed by atoms with Gasteiger partial charge in [-0.1, -0.05) is 61.3 Å². The lowest BCUT2D eigenvalue weighted by Gasteiger charge is -2.52. The van der Waals surface area contributed by atoms with E-state index in [9.17, 15) is 18.0 Å². The summed E-state index contributed by atoms with van der Waals surface area (Å²) in [5, 5.41) is 1.09. The number of hydrogen-bond donors (Lipinski definition) is 1. The molecular weight excluding hydrogens is 563 g/mol. The van der Waals surface area contributed by atoms with Crippen LogP contribution in [0.5, 0.6) is 0 Å². The van der Waals surface area contributed by atoms with Gasteiger partial charge in [-0.15, -0.1) is 0 Å². The number of halogens is 2. The summed E-state index contributed by atoms with van der Waals surface area (Å²) in [7, 11) is -2.46. The van der Waals surface area contributed by atoms with E-state index in [4.69, 9.17) is 32.7 Å². The molecule has 0 saturated carbocycles. The zero-order valence-electron chi connectivity index (χ0n) is 22.2. The molecular formula is C28H34Cl2N2O6S. The molecule has 11 heteroatoms. The van der Waals surface area contributed by atoms with Gasteiger partial charge in [-0.3, -0.25) is 9.59 Å². The van der Waals surface area contributed by atoms with E-state index in [1.807, 2.05) is 37.3 Å². The number of ether oxygens (including phenoxy) is 2. The second-order valence-corrected chi connectivity index (χ2v) is 13.3. The molecule has 2 aliphatic heterocycles. The van der Waals surface area contributed by atoms with E-state index >= 15 is 0 Å². The van der Waals surface area contributed by atoms with Crippen molar-refractivity contribution in [3.05, 3.63) is 69.7 Å². The van der Waals surface area contributed by atoms with Gasteiger partial charge in [-0.05, 0) is 48.2 Å². The molecule has 2 aliphatic rings. The van der Waals surface area contributed by atoms with Crippen molar-refractivity contribution >= 4 is 45.1 Å². The number of piperidine rings is 1. The van der Waals surface area contributed by atoms with E-state index in [0.717, 1.165) is 11.1 Å². The molecule has 2 heterocycles. The van der Waals surface area contributed by atoms with E-state index in [-0.39, 0.29) is 30.0 Å². The number of hydrogen-bond acceptors (Lipinski definition) is 6. The molecule has 2 aromatic rings. The second-order valence-electron chi connectivity index (χ2n) is 10.6. The van der Waals surface area contributed by atoms with Gasteiger partial charge in [0, 0.05) is 22.0 Å². The fourth-order valence-corrected chi connectivity index (χ4v) is 7.56. The number of carbonyl (C=O) groups excluding carboxylic acids is 2. The Bertz CT molecular complexity index is 1300. The normalized spacial score (nSPS) is 24.7. The first-order valence-corrected chi connectivity index (χ1v) is 15.4. The minimum Gasteiger partial charge on any atom is -0.469 e. The van der Waals surface area contributed by atoms with Crippen LogP contribution in [0.1, 0.15) is 56.2 Å². The van der Waals surface area contributed by atoms with Crippen LogP contribution < -0.4 is 4.72 Å². The van der Waals surface area contributed by atoms with E-state index in [2.05, 4.69) is 4.72 Å². The molecule has 1 amide bonds. The van der Waals surface area contributed by atoms with E-state index in [1.165, 1.54) is 7.11 Å². The number of benzene rings is 2. The molecule has 2 saturated heterocycles. The molecule has 0 bridgehead atoms. The predicted molar refractivity (Wildman–Crippen MR) is 150 cm³/mol. The number of amides is 1. The summed E-state index contributed by atoms with van der Waals surface area (Å²) in [6.07, 6.45) is 0.588. The average molecular weight is 598 g/mol. The van der Waals surface area contributed by atoms with Crippen molar-refractivity contribution in [3.8, 4) is 0 Å². The van der Waals surface area contributed by atoms with Crippen molar-refractivity contribution in [2.24, 2.45) is 5.41 Å². The molecule has 1 N–H and O–H groups in total. The van der Waals surface area contributed by atoms with Gasteiger partial charge in [0.25, 0.3) is 0 Å². The molecule has 8 nitrogen and oxygen atoms in total. The smallest absolute Gasteiger partial charge is 0.306 e. The van der Waals surface area contributed by atoms with Crippen molar-refractivity contribution in [2.75, 3.05) is 26.1 Å². The standard InChI is InChI=1S/C28H34Cl2N2O6S/c1-4-23(17-39(35,36)31-22-15-38-16-22)32-26(18-8-10-20(29)11-9-18)24(19-6-5-7-21(30)12-19)13-28(2,27(32)34)14-25(33)37-3/h5-12,22-24,26,31H,4,13-17H2,1-3H3/t23-,24+,26+,28+/m0/s1. The van der Waals surface area contributed by atoms with Gasteiger partial charge >= 0.3 is 5.97 Å². The lowest BCUT2D eigenvalue weighted by atomic mass is 9.67. The predicted octanol–water partition coefficient (Wildman–Crippen LogP) is 4.72. The first kappa shape index (κ1) is 29.8. The maximum atomic E-state index is 14.4. The Hall–Kier alpha value is -2.17. The topological polar surface area (TPSA) is 102 Å². The second kappa shape index (κ2) is 12.1. The number of rotatable bonds is 10. The minimum atomic E-state index is -3.75. The highest BCUT2D eigenvalue weighted by Crippen LogP contribution is 2.52. The molecule has 2 aromatic carbocycles. The maximum Gasteiger partial charge on any atom is 0.306 e. The van der Waals surface area contributed by atoms with Gasteiger partial charge < -0.3 is 14.4 Å². The van der Waals surface area contributed by atoms with E-state index in [0.29, 0.717) is 36.1 Å². The summed E-state index contributed by atoms with van der Waals surface area (Å²) in [4.78, 5) is 28.6. The van der Waals surface area contributed by atoms with Crippen molar-refractivity contribution in [2.45, 2.75) is 57.2 Å². The Balaban J connectivity index is 1.85. The monoisotopic (exact) mass is 596 g/mol. The molecule has 4 atom stereocenters. The fraction of sp³-hybridized carbons (Fsp3) is 0.500. The first-order chi connectivity index (χ1) is 18.5. The molecule has 2 fully saturated rings. The van der Waals surface area contributed by atoms with Crippen molar-refractivity contribution in [1.29, 1.82) is 0 Å². The van der Waals surface area contributed by atoms with Crippen molar-refractivity contribution < 1.29 is 27.5 Å². The summed E-state index contributed by atoms with van der Waals surface area (Å²) in [5.41, 5.74) is 0.572. The van der Waals surface area contributed by atoms with Gasteiger partial charge in [0.15, 0.2) is 0 Å². The molecule has 0 aliphatic carbocycles. The van der Waals surface area contributed by atoms with E-state index in [1.54, 1.807) is 30.0 Å². The number of methoxy groups -OCH3 is 1. The van der Waals surface area contributed by atoms with E-state index < -0.39 is 33.5 Å². The lowest BCUT2D eigenvalue weighted by molar-refractivity contribution is -0.161. The van der Waals surface area contributed by atoms with Gasteiger partial charge in [-0.2, -0.15) is 0 Å². The highest BCUT2D eigenvalue weighted by molar-refractivity contribution is 7.89. The Kier molecular flexibility index (Phi) is 9.28. The van der Waals surface area contributed by atoms with Crippen LogP contribution in [-0.4, -0.2) is 63.4 Å². The third-order valence-electron chi connectivity index (χ3n) is 7.61. The SMILES string of the molecule is CC[C@@H](CS(=O)(=O)NC1COC1)N1C(=O)[C@@](C)(CC(=O)OC)C[C@H](c2cccc(Cl)c2)[C@H]1c1ccc(Cl)cc1. The summed E-state index contributed by atoms with van der Waals surface area (Å²) < 4.78 is 39.2. The zero-order valence-corrected chi connectivity index (χ0v) is 24.6. The van der Waals surface area contributed by atoms with Crippen LogP contribution in [0, 0.1) is 5.41 Å². The number of sulfonamides is 1. The maximum absolute atomic E-state index is 14.4. The largest absolute Gasteiger partial charge is 0.469 e. The Morgan fingerprint density at radius 3 is 2.41 bits per heavy atom. The average Bonchev–Trinajstić information content (AvgIpc) is 2.87. The molecule has 39 heavy (non-hydrogen) atoms. The third-order valence-corrected chi connectivity index (χ3v) is 9.62. The Morgan fingerprint density at radius 1 is 1.15 bits per heavy atom. The quantitative estimate of drug-likeness (QED) is 0.398. The first-order valence-electron chi connectivity index (χ1n) is 12.9. The minimum absolute atomic E-state index is 0.135. The van der Waals surface area contributed by atoms with Crippen LogP contribution in [0.25, 0.3) is 0 Å². The number of nitrogens with zero attached hydrogens (tertiary/aromatic N) is 1. The molecule has 212 valence electrons. The molecule has 0 unspecified atom stereocenters. The highest BCUT2D eigenvalue weighted by Gasteiger charge is 2.53. The van der Waals surface area contributed by atoms with Gasteiger partial charge in [0.1, 0.15) is 0 Å². The van der Waals surface area contributed by atoms with Crippen molar-refractivity contribution in [3.63, 3.8) is 0 Å². The number of nitrogens with one attached hydrogen (secondary N) is 1. The highest BCUT2D eigenvalue weighted by atomic mass is 35.5. The molecule has 0 radical (unpaired) electrons. The fourth-order valence-electron chi connectivity index (χ4n) is 5.59. The van der Waals surface area contributed by atoms with Gasteiger partial charge in [0.05, 0.1) is 50.0 Å². The zero-order chi connectivity index (χ0) is 28.4. The Labute approximate surface area is 240 Å². The molecule has 4 rings (SSSR count). The van der Waals surface area contributed by atoms with Gasteiger partial charge in [-0.25, -0.2) is 13.1 Å². The number of likely N-dealkylation sites (tertiary alicyclic amines) is 1. The molecule has 0 aromatic heterocycles. The van der Waals surface area contributed by atoms with Crippen LogP contribution in [-0.2, 0) is 29.1 Å². The summed E-state index contributed by atoms with van der Waals surface area (Å²) in [6, 6.07) is 13.2. The van der Waals surface area contributed by atoms with Crippen LogP contribution >= 0.6 is 23.2 Å². The summed E-state index contributed by atoms with van der Waals surface area (Å²) >= 11 is 12.6.